The second-order valence-corrected chi connectivity index (χ2v) is 4.03. The normalized spacial score (nSPS) is 11.6. The molecule has 2 aromatic rings. The van der Waals surface area contributed by atoms with Crippen LogP contribution >= 0.6 is 11.6 Å². The largest absolute Gasteiger partial charge is 0.467 e. The fourth-order valence-electron chi connectivity index (χ4n) is 1.45. The molecular formula is C12H9ClF3NO. The molecule has 0 atom stereocenters. The average molecular weight is 276 g/mol. The van der Waals surface area contributed by atoms with Crippen LogP contribution in [0.3, 0.4) is 0 Å². The first-order valence-electron chi connectivity index (χ1n) is 5.10. The van der Waals surface area contributed by atoms with Crippen molar-refractivity contribution in [2.45, 2.75) is 12.7 Å². The maximum atomic E-state index is 12.6. The maximum absolute atomic E-state index is 12.6. The standard InChI is InChI=1S/C12H9ClF3NO/c13-11-4-3-8(6-10(11)12(14,15)16)17-7-9-2-1-5-18-9/h1-6,17H,7H2. The summed E-state index contributed by atoms with van der Waals surface area (Å²) in [7, 11) is 0. The third-order valence-corrected chi connectivity index (χ3v) is 2.65. The Bertz CT molecular complexity index is 523. The van der Waals surface area contributed by atoms with E-state index in [1.54, 1.807) is 12.1 Å². The number of nitrogens with one attached hydrogen (secondary N) is 1. The zero-order valence-electron chi connectivity index (χ0n) is 9.09. The van der Waals surface area contributed by atoms with Crippen molar-refractivity contribution in [3.63, 3.8) is 0 Å². The van der Waals surface area contributed by atoms with E-state index >= 15 is 0 Å². The molecule has 1 aromatic heterocycles. The van der Waals surface area contributed by atoms with E-state index in [2.05, 4.69) is 5.32 Å². The van der Waals surface area contributed by atoms with Gasteiger partial charge in [-0.15, -0.1) is 0 Å². The molecule has 0 unspecified atom stereocenters. The molecule has 0 fully saturated rings. The first-order valence-corrected chi connectivity index (χ1v) is 5.47. The predicted molar refractivity (Wildman–Crippen MR) is 62.5 cm³/mol. The van der Waals surface area contributed by atoms with Crippen molar-refractivity contribution in [1.82, 2.24) is 0 Å². The highest BCUT2D eigenvalue weighted by Crippen LogP contribution is 2.36. The van der Waals surface area contributed by atoms with E-state index in [0.29, 0.717) is 18.0 Å². The van der Waals surface area contributed by atoms with E-state index < -0.39 is 11.7 Å². The van der Waals surface area contributed by atoms with Crippen molar-refractivity contribution in [3.8, 4) is 0 Å². The quantitative estimate of drug-likeness (QED) is 0.888. The van der Waals surface area contributed by atoms with Gasteiger partial charge in [-0.3, -0.25) is 0 Å². The SMILES string of the molecule is FC(F)(F)c1cc(NCc2ccco2)ccc1Cl. The average Bonchev–Trinajstić information content (AvgIpc) is 2.79. The molecule has 6 heteroatoms. The van der Waals surface area contributed by atoms with E-state index in [-0.39, 0.29) is 5.02 Å². The first kappa shape index (κ1) is 12.8. The number of hydrogen-bond donors (Lipinski definition) is 1. The highest BCUT2D eigenvalue weighted by molar-refractivity contribution is 6.31. The summed E-state index contributed by atoms with van der Waals surface area (Å²) in [6, 6.07) is 7.12. The molecular weight excluding hydrogens is 267 g/mol. The minimum Gasteiger partial charge on any atom is -0.467 e. The smallest absolute Gasteiger partial charge is 0.417 e. The highest BCUT2D eigenvalue weighted by Gasteiger charge is 2.33. The molecule has 0 aliphatic heterocycles. The Kier molecular flexibility index (Phi) is 3.52. The number of benzene rings is 1. The molecule has 2 rings (SSSR count). The summed E-state index contributed by atoms with van der Waals surface area (Å²) in [5.41, 5.74) is -0.517. The monoisotopic (exact) mass is 275 g/mol. The number of anilines is 1. The lowest BCUT2D eigenvalue weighted by Crippen LogP contribution is -2.07. The topological polar surface area (TPSA) is 25.2 Å². The minimum atomic E-state index is -4.46. The van der Waals surface area contributed by atoms with Crippen molar-refractivity contribution in [3.05, 3.63) is 52.9 Å². The van der Waals surface area contributed by atoms with Gasteiger partial charge in [0.15, 0.2) is 0 Å². The summed E-state index contributed by atoms with van der Waals surface area (Å²) >= 11 is 5.51. The lowest BCUT2D eigenvalue weighted by molar-refractivity contribution is -0.137. The summed E-state index contributed by atoms with van der Waals surface area (Å²) in [5.74, 6) is 0.638. The van der Waals surface area contributed by atoms with Crippen molar-refractivity contribution >= 4 is 17.3 Å². The van der Waals surface area contributed by atoms with Crippen LogP contribution in [-0.4, -0.2) is 0 Å². The van der Waals surface area contributed by atoms with Crippen molar-refractivity contribution in [2.24, 2.45) is 0 Å². The zero-order chi connectivity index (χ0) is 13.2. The molecule has 0 bridgehead atoms. The Morgan fingerprint density at radius 3 is 2.61 bits per heavy atom. The van der Waals surface area contributed by atoms with Gasteiger partial charge in [-0.2, -0.15) is 13.2 Å². The van der Waals surface area contributed by atoms with Crippen LogP contribution in [0.25, 0.3) is 0 Å². The van der Waals surface area contributed by atoms with Crippen LogP contribution in [0.4, 0.5) is 18.9 Å². The van der Waals surface area contributed by atoms with Crippen LogP contribution in [0.5, 0.6) is 0 Å². The molecule has 1 N–H and O–H groups in total. The van der Waals surface area contributed by atoms with Gasteiger partial charge in [0.2, 0.25) is 0 Å². The lowest BCUT2D eigenvalue weighted by atomic mass is 10.2. The van der Waals surface area contributed by atoms with E-state index in [4.69, 9.17) is 16.0 Å². The number of alkyl halides is 3. The molecule has 0 spiro atoms. The van der Waals surface area contributed by atoms with Crippen LogP contribution in [0.1, 0.15) is 11.3 Å². The summed E-state index contributed by atoms with van der Waals surface area (Å²) in [6.45, 7) is 0.311. The summed E-state index contributed by atoms with van der Waals surface area (Å²) in [6.07, 6.45) is -2.96. The fraction of sp³-hybridized carbons (Fsp3) is 0.167. The number of hydrogen-bond acceptors (Lipinski definition) is 2. The summed E-state index contributed by atoms with van der Waals surface area (Å²) in [5, 5.41) is 2.52. The second-order valence-electron chi connectivity index (χ2n) is 3.63. The third kappa shape index (κ3) is 2.98. The highest BCUT2D eigenvalue weighted by atomic mass is 35.5. The van der Waals surface area contributed by atoms with Gasteiger partial charge in [0.1, 0.15) is 5.76 Å². The summed E-state index contributed by atoms with van der Waals surface area (Å²) in [4.78, 5) is 0. The Balaban J connectivity index is 2.15. The fourth-order valence-corrected chi connectivity index (χ4v) is 1.68. The molecule has 0 saturated heterocycles. The lowest BCUT2D eigenvalue weighted by Gasteiger charge is -2.11. The molecule has 1 aromatic carbocycles. The van der Waals surface area contributed by atoms with Gasteiger partial charge in [-0.1, -0.05) is 11.6 Å². The minimum absolute atomic E-state index is 0.311. The number of halogens is 4. The van der Waals surface area contributed by atoms with E-state index in [9.17, 15) is 13.2 Å². The zero-order valence-corrected chi connectivity index (χ0v) is 9.85. The van der Waals surface area contributed by atoms with Crippen molar-refractivity contribution < 1.29 is 17.6 Å². The van der Waals surface area contributed by atoms with E-state index in [0.717, 1.165) is 6.07 Å². The van der Waals surface area contributed by atoms with Crippen LogP contribution in [-0.2, 0) is 12.7 Å². The Morgan fingerprint density at radius 1 is 1.22 bits per heavy atom. The summed E-state index contributed by atoms with van der Waals surface area (Å²) < 4.78 is 42.9. The van der Waals surface area contributed by atoms with Crippen LogP contribution in [0.2, 0.25) is 5.02 Å². The molecule has 96 valence electrons. The van der Waals surface area contributed by atoms with Gasteiger partial charge in [-0.05, 0) is 30.3 Å². The maximum Gasteiger partial charge on any atom is 0.417 e. The Labute approximate surface area is 106 Å². The third-order valence-electron chi connectivity index (χ3n) is 2.32. The molecule has 0 amide bonds. The molecule has 2 nitrogen and oxygen atoms in total. The van der Waals surface area contributed by atoms with Gasteiger partial charge in [-0.25, -0.2) is 0 Å². The molecule has 0 radical (unpaired) electrons. The van der Waals surface area contributed by atoms with Crippen LogP contribution < -0.4 is 5.32 Å². The Hall–Kier alpha value is -1.62. The predicted octanol–water partition coefficient (Wildman–Crippen LogP) is 4.56. The van der Waals surface area contributed by atoms with Gasteiger partial charge < -0.3 is 9.73 Å². The van der Waals surface area contributed by atoms with Gasteiger partial charge in [0.25, 0.3) is 0 Å². The molecule has 18 heavy (non-hydrogen) atoms. The van der Waals surface area contributed by atoms with Crippen molar-refractivity contribution in [2.75, 3.05) is 5.32 Å². The van der Waals surface area contributed by atoms with Gasteiger partial charge >= 0.3 is 6.18 Å². The molecule has 0 saturated carbocycles. The van der Waals surface area contributed by atoms with Crippen molar-refractivity contribution in [1.29, 1.82) is 0 Å². The first-order chi connectivity index (χ1) is 8.47. The molecule has 0 aliphatic carbocycles. The number of furan rings is 1. The Morgan fingerprint density at radius 2 is 2.00 bits per heavy atom. The van der Waals surface area contributed by atoms with E-state index in [1.807, 2.05) is 0 Å². The van der Waals surface area contributed by atoms with Crippen LogP contribution in [0.15, 0.2) is 41.0 Å². The molecule has 0 aliphatic rings. The van der Waals surface area contributed by atoms with Gasteiger partial charge in [0.05, 0.1) is 23.4 Å². The van der Waals surface area contributed by atoms with E-state index in [1.165, 1.54) is 18.4 Å². The number of rotatable bonds is 3. The second kappa shape index (κ2) is 4.94. The molecule has 1 heterocycles. The van der Waals surface area contributed by atoms with Crippen LogP contribution in [0, 0.1) is 0 Å². The van der Waals surface area contributed by atoms with Gasteiger partial charge in [0, 0.05) is 5.69 Å².